The van der Waals surface area contributed by atoms with Crippen molar-refractivity contribution < 1.29 is 9.90 Å². The number of allylic oxidation sites excluding steroid dienone is 1. The van der Waals surface area contributed by atoms with Gasteiger partial charge in [-0.2, -0.15) is 0 Å². The Morgan fingerprint density at radius 2 is 1.67 bits per heavy atom. The molecule has 0 aromatic heterocycles. The Hall–Kier alpha value is -0.790. The standard InChI is InChI=1S/C13H24O2/c1-4-6-7-8-10-11(3)12(9-5-2)13(14)15/h4-10H2,1-3H3,(H,14,15). The number of carbonyl (C=O) groups is 1. The molecule has 1 N–H and O–H groups in total. The average Bonchev–Trinajstić information content (AvgIpc) is 2.20. The smallest absolute Gasteiger partial charge is 0.331 e. The van der Waals surface area contributed by atoms with Crippen LogP contribution in [-0.2, 0) is 4.79 Å². The third kappa shape index (κ3) is 6.32. The predicted octanol–water partition coefficient (Wildman–Crippen LogP) is 4.16. The number of hydrogen-bond acceptors (Lipinski definition) is 1. The van der Waals surface area contributed by atoms with Crippen molar-refractivity contribution in [3.8, 4) is 0 Å². The van der Waals surface area contributed by atoms with Crippen LogP contribution in [-0.4, -0.2) is 11.1 Å². The molecule has 0 amide bonds. The Labute approximate surface area is 93.4 Å². The first-order valence-electron chi connectivity index (χ1n) is 6.05. The monoisotopic (exact) mass is 212 g/mol. The van der Waals surface area contributed by atoms with Crippen molar-refractivity contribution >= 4 is 5.97 Å². The second kappa shape index (κ2) is 8.51. The molecule has 0 heterocycles. The molecule has 0 atom stereocenters. The molecule has 0 aliphatic carbocycles. The first-order chi connectivity index (χ1) is 7.13. The maximum absolute atomic E-state index is 11.0. The highest BCUT2D eigenvalue weighted by atomic mass is 16.4. The van der Waals surface area contributed by atoms with Gasteiger partial charge in [-0.25, -0.2) is 4.79 Å². The molecule has 0 spiro atoms. The lowest BCUT2D eigenvalue weighted by atomic mass is 9.99. The minimum atomic E-state index is -0.732. The summed E-state index contributed by atoms with van der Waals surface area (Å²) in [5.74, 6) is -0.732. The van der Waals surface area contributed by atoms with Crippen molar-refractivity contribution in [1.82, 2.24) is 0 Å². The topological polar surface area (TPSA) is 37.3 Å². The van der Waals surface area contributed by atoms with E-state index >= 15 is 0 Å². The quantitative estimate of drug-likeness (QED) is 0.484. The summed E-state index contributed by atoms with van der Waals surface area (Å²) in [7, 11) is 0. The number of unbranched alkanes of at least 4 members (excludes halogenated alkanes) is 3. The van der Waals surface area contributed by atoms with Gasteiger partial charge in [-0.05, 0) is 26.2 Å². The summed E-state index contributed by atoms with van der Waals surface area (Å²) < 4.78 is 0. The van der Waals surface area contributed by atoms with Gasteiger partial charge >= 0.3 is 5.97 Å². The number of carboxylic acids is 1. The van der Waals surface area contributed by atoms with Crippen LogP contribution in [0.15, 0.2) is 11.1 Å². The molecule has 88 valence electrons. The second-order valence-electron chi connectivity index (χ2n) is 4.12. The van der Waals surface area contributed by atoms with E-state index in [-0.39, 0.29) is 0 Å². The van der Waals surface area contributed by atoms with E-state index in [0.717, 1.165) is 24.8 Å². The van der Waals surface area contributed by atoms with Gasteiger partial charge in [0.05, 0.1) is 0 Å². The van der Waals surface area contributed by atoms with E-state index in [0.29, 0.717) is 12.0 Å². The number of carboxylic acid groups (broad SMARTS) is 1. The molecule has 0 unspecified atom stereocenters. The van der Waals surface area contributed by atoms with Crippen LogP contribution >= 0.6 is 0 Å². The third-order valence-corrected chi connectivity index (χ3v) is 2.68. The van der Waals surface area contributed by atoms with Crippen LogP contribution in [0.5, 0.6) is 0 Å². The Morgan fingerprint density at radius 3 is 2.13 bits per heavy atom. The molecule has 0 saturated carbocycles. The molecule has 0 aliphatic rings. The molecule has 15 heavy (non-hydrogen) atoms. The first kappa shape index (κ1) is 14.2. The van der Waals surface area contributed by atoms with Gasteiger partial charge in [-0.3, -0.25) is 0 Å². The van der Waals surface area contributed by atoms with Crippen molar-refractivity contribution in [1.29, 1.82) is 0 Å². The number of aliphatic carboxylic acids is 1. The van der Waals surface area contributed by atoms with Gasteiger partial charge in [-0.15, -0.1) is 0 Å². The molecule has 2 nitrogen and oxygen atoms in total. The highest BCUT2D eigenvalue weighted by Gasteiger charge is 2.09. The lowest BCUT2D eigenvalue weighted by Crippen LogP contribution is -2.03. The van der Waals surface area contributed by atoms with E-state index in [9.17, 15) is 4.79 Å². The van der Waals surface area contributed by atoms with Gasteiger partial charge in [0.2, 0.25) is 0 Å². The summed E-state index contributed by atoms with van der Waals surface area (Å²) in [5, 5.41) is 9.02. The lowest BCUT2D eigenvalue weighted by Gasteiger charge is -2.07. The number of hydrogen-bond donors (Lipinski definition) is 1. The van der Waals surface area contributed by atoms with E-state index in [2.05, 4.69) is 6.92 Å². The van der Waals surface area contributed by atoms with Crippen molar-refractivity contribution in [2.45, 2.75) is 65.7 Å². The van der Waals surface area contributed by atoms with E-state index in [1.807, 2.05) is 13.8 Å². The fourth-order valence-electron chi connectivity index (χ4n) is 1.72. The molecule has 0 fully saturated rings. The fourth-order valence-corrected chi connectivity index (χ4v) is 1.72. The van der Waals surface area contributed by atoms with E-state index in [1.165, 1.54) is 19.3 Å². The molecule has 0 bridgehead atoms. The maximum Gasteiger partial charge on any atom is 0.331 e. The van der Waals surface area contributed by atoms with Gasteiger partial charge in [-0.1, -0.05) is 45.1 Å². The van der Waals surface area contributed by atoms with Gasteiger partial charge in [0.25, 0.3) is 0 Å². The summed E-state index contributed by atoms with van der Waals surface area (Å²) in [6.07, 6.45) is 7.38. The molecule has 0 rings (SSSR count). The zero-order valence-electron chi connectivity index (χ0n) is 10.3. The summed E-state index contributed by atoms with van der Waals surface area (Å²) >= 11 is 0. The van der Waals surface area contributed by atoms with Gasteiger partial charge < -0.3 is 5.11 Å². The van der Waals surface area contributed by atoms with Crippen LogP contribution in [0.4, 0.5) is 0 Å². The molecule has 2 heteroatoms. The van der Waals surface area contributed by atoms with Crippen LogP contribution < -0.4 is 0 Å². The fraction of sp³-hybridized carbons (Fsp3) is 0.769. The average molecular weight is 212 g/mol. The van der Waals surface area contributed by atoms with E-state index in [4.69, 9.17) is 5.11 Å². The highest BCUT2D eigenvalue weighted by molar-refractivity contribution is 5.87. The minimum absolute atomic E-state index is 0.633. The largest absolute Gasteiger partial charge is 0.478 e. The van der Waals surface area contributed by atoms with Crippen LogP contribution in [0.25, 0.3) is 0 Å². The second-order valence-corrected chi connectivity index (χ2v) is 4.12. The Balaban J connectivity index is 4.12. The van der Waals surface area contributed by atoms with Gasteiger partial charge in [0, 0.05) is 5.57 Å². The van der Waals surface area contributed by atoms with Crippen molar-refractivity contribution in [2.24, 2.45) is 0 Å². The van der Waals surface area contributed by atoms with Crippen molar-refractivity contribution in [3.05, 3.63) is 11.1 Å². The van der Waals surface area contributed by atoms with Crippen LogP contribution in [0.2, 0.25) is 0 Å². The molecule has 0 saturated heterocycles. The molecule has 0 radical (unpaired) electrons. The normalized spacial score (nSPS) is 12.5. The molecule has 0 aromatic carbocycles. The van der Waals surface area contributed by atoms with Crippen LogP contribution in [0.3, 0.4) is 0 Å². The van der Waals surface area contributed by atoms with E-state index in [1.54, 1.807) is 0 Å². The molecular weight excluding hydrogens is 188 g/mol. The Bertz CT molecular complexity index is 217. The van der Waals surface area contributed by atoms with Crippen LogP contribution in [0, 0.1) is 0 Å². The highest BCUT2D eigenvalue weighted by Crippen LogP contribution is 2.17. The molecular formula is C13H24O2. The zero-order chi connectivity index (χ0) is 11.7. The van der Waals surface area contributed by atoms with Gasteiger partial charge in [0.1, 0.15) is 0 Å². The third-order valence-electron chi connectivity index (χ3n) is 2.68. The Morgan fingerprint density at radius 1 is 1.00 bits per heavy atom. The SMILES string of the molecule is CCCCCCC(C)=C(CCC)C(=O)O. The summed E-state index contributed by atoms with van der Waals surface area (Å²) in [6.45, 7) is 6.17. The van der Waals surface area contributed by atoms with Crippen molar-refractivity contribution in [3.63, 3.8) is 0 Å². The predicted molar refractivity (Wildman–Crippen MR) is 64.0 cm³/mol. The Kier molecular flexibility index (Phi) is 8.06. The number of rotatable bonds is 8. The summed E-state index contributed by atoms with van der Waals surface area (Å²) in [5.41, 5.74) is 1.70. The van der Waals surface area contributed by atoms with Crippen molar-refractivity contribution in [2.75, 3.05) is 0 Å². The van der Waals surface area contributed by atoms with Crippen LogP contribution in [0.1, 0.15) is 65.7 Å². The lowest BCUT2D eigenvalue weighted by molar-refractivity contribution is -0.132. The minimum Gasteiger partial charge on any atom is -0.478 e. The summed E-state index contributed by atoms with van der Waals surface area (Å²) in [6, 6.07) is 0. The van der Waals surface area contributed by atoms with Gasteiger partial charge in [0.15, 0.2) is 0 Å². The maximum atomic E-state index is 11.0. The molecule has 0 aliphatic heterocycles. The first-order valence-corrected chi connectivity index (χ1v) is 6.05. The molecule has 0 aromatic rings. The summed E-state index contributed by atoms with van der Waals surface area (Å²) in [4.78, 5) is 11.0. The van der Waals surface area contributed by atoms with E-state index < -0.39 is 5.97 Å². The zero-order valence-corrected chi connectivity index (χ0v) is 10.3.